The molecule has 0 aromatic heterocycles. The number of rotatable bonds is 24. The number of amides is 4. The van der Waals surface area contributed by atoms with Gasteiger partial charge in [0, 0.05) is 6.42 Å². The molecule has 6 N–H and O–H groups in total. The Morgan fingerprint density at radius 3 is 1.81 bits per heavy atom. The highest BCUT2D eigenvalue weighted by molar-refractivity contribution is 6.69. The summed E-state index contributed by atoms with van der Waals surface area (Å²) in [6.45, 7) is 14.1. The summed E-state index contributed by atoms with van der Waals surface area (Å²) in [5, 5.41) is 14.6. The van der Waals surface area contributed by atoms with Crippen LogP contribution in [0.25, 0.3) is 0 Å². The predicted molar refractivity (Wildman–Crippen MR) is 213 cm³/mol. The van der Waals surface area contributed by atoms with Gasteiger partial charge in [0.25, 0.3) is 0 Å². The first-order valence-corrected chi connectivity index (χ1v) is 22.5. The molecule has 3 rings (SSSR count). The van der Waals surface area contributed by atoms with Gasteiger partial charge in [-0.05, 0) is 87.7 Å². The first-order chi connectivity index (χ1) is 25.5. The minimum atomic E-state index is -2.28. The SMILES string of the molecule is CC(C)CC[C@H](NC(=O)[C@H](Cc1ccccc1)NC(=O)[C@H](CC(C)C)NC(=O)[C@H](CCc1ccccc1)NC(=O)CNCC[Si](C)(C)O)C(=O)[C@@]1(C)CO1. The number of benzene rings is 2. The molecule has 298 valence electrons. The summed E-state index contributed by atoms with van der Waals surface area (Å²) in [5.41, 5.74) is 0.879. The van der Waals surface area contributed by atoms with Crippen molar-refractivity contribution < 1.29 is 33.5 Å². The van der Waals surface area contributed by atoms with E-state index in [4.69, 9.17) is 4.74 Å². The molecule has 0 aliphatic carbocycles. The number of hydrogen-bond acceptors (Lipinski definition) is 8. The van der Waals surface area contributed by atoms with Crippen LogP contribution in [0, 0.1) is 11.8 Å². The Morgan fingerprint density at radius 2 is 1.26 bits per heavy atom. The Balaban J connectivity index is 1.80. The second kappa shape index (κ2) is 21.2. The van der Waals surface area contributed by atoms with Crippen LogP contribution in [0.4, 0.5) is 0 Å². The molecule has 1 aliphatic rings. The van der Waals surface area contributed by atoms with E-state index >= 15 is 0 Å². The molecule has 4 amide bonds. The molecule has 0 bridgehead atoms. The average molecular weight is 766 g/mol. The zero-order chi connectivity index (χ0) is 39.9. The van der Waals surface area contributed by atoms with Gasteiger partial charge >= 0.3 is 0 Å². The summed E-state index contributed by atoms with van der Waals surface area (Å²) >= 11 is 0. The van der Waals surface area contributed by atoms with E-state index in [9.17, 15) is 28.8 Å². The molecule has 5 atom stereocenters. The van der Waals surface area contributed by atoms with Crippen LogP contribution in [0.15, 0.2) is 60.7 Å². The van der Waals surface area contributed by atoms with E-state index in [1.54, 1.807) is 6.92 Å². The van der Waals surface area contributed by atoms with E-state index in [1.165, 1.54) is 0 Å². The van der Waals surface area contributed by atoms with Crippen molar-refractivity contribution in [2.45, 2.75) is 122 Å². The molecule has 1 aliphatic heterocycles. The number of ether oxygens (including phenoxy) is 1. The van der Waals surface area contributed by atoms with Crippen LogP contribution in [0.1, 0.15) is 71.4 Å². The van der Waals surface area contributed by atoms with Crippen LogP contribution in [-0.2, 0) is 41.6 Å². The number of ketones is 1. The number of Topliss-reactive ketones (excluding diaryl/α,β-unsaturated/α-hetero) is 1. The Morgan fingerprint density at radius 1 is 0.722 bits per heavy atom. The molecule has 13 heteroatoms. The third kappa shape index (κ3) is 16.2. The fourth-order valence-corrected chi connectivity index (χ4v) is 6.82. The van der Waals surface area contributed by atoms with Gasteiger partial charge in [-0.1, -0.05) is 88.4 Å². The average Bonchev–Trinajstić information content (AvgIpc) is 3.87. The molecular formula is C41H63N5O7Si. The standard InChI is InChI=1S/C41H63N5O7Si/c1-28(2)18-20-32(37(48)41(5)27-53-41)44-40(51)35(25-31-16-12-9-13-17-31)46-39(50)34(24-29(3)4)45-38(49)33(21-19-30-14-10-8-11-15-30)43-36(47)26-42-22-23-54(6,7)52/h8-17,28-29,32-35,42,52H,18-27H2,1-7H3,(H,43,47)(H,44,51)(H,45,49)(H,46,50)/t32-,33-,34-,35-,41+/m0/s1. The van der Waals surface area contributed by atoms with Crippen molar-refractivity contribution in [1.82, 2.24) is 26.6 Å². The summed E-state index contributed by atoms with van der Waals surface area (Å²) in [5.74, 6) is -1.81. The van der Waals surface area contributed by atoms with Crippen molar-refractivity contribution in [3.63, 3.8) is 0 Å². The highest BCUT2D eigenvalue weighted by Crippen LogP contribution is 2.29. The van der Waals surface area contributed by atoms with Gasteiger partial charge in [0.15, 0.2) is 14.1 Å². The lowest BCUT2D eigenvalue weighted by Crippen LogP contribution is -2.59. The van der Waals surface area contributed by atoms with E-state index in [2.05, 4.69) is 40.4 Å². The number of carbonyl (C=O) groups excluding carboxylic acids is 5. The molecule has 0 radical (unpaired) electrons. The third-order valence-corrected chi connectivity index (χ3v) is 10.9. The lowest BCUT2D eigenvalue weighted by atomic mass is 9.93. The largest absolute Gasteiger partial charge is 0.432 e. The monoisotopic (exact) mass is 765 g/mol. The van der Waals surface area contributed by atoms with Gasteiger partial charge in [0.1, 0.15) is 23.7 Å². The highest BCUT2D eigenvalue weighted by Gasteiger charge is 2.50. The maximum absolute atomic E-state index is 14.1. The number of nitrogens with one attached hydrogen (secondary N) is 5. The third-order valence-electron chi connectivity index (χ3n) is 9.44. The van der Waals surface area contributed by atoms with Crippen molar-refractivity contribution in [3.8, 4) is 0 Å². The lowest BCUT2D eigenvalue weighted by Gasteiger charge is -2.28. The zero-order valence-electron chi connectivity index (χ0n) is 33.2. The predicted octanol–water partition coefficient (Wildman–Crippen LogP) is 3.43. The second-order valence-corrected chi connectivity index (χ2v) is 20.4. The molecule has 1 heterocycles. The van der Waals surface area contributed by atoms with Crippen LogP contribution in [0.3, 0.4) is 0 Å². The van der Waals surface area contributed by atoms with Crippen LogP contribution in [0.2, 0.25) is 19.1 Å². The van der Waals surface area contributed by atoms with Crippen molar-refractivity contribution in [3.05, 3.63) is 71.8 Å². The number of epoxide rings is 1. The first kappa shape index (κ1) is 44.5. The van der Waals surface area contributed by atoms with Gasteiger partial charge in [-0.15, -0.1) is 0 Å². The van der Waals surface area contributed by atoms with Gasteiger partial charge in [0.05, 0.1) is 19.2 Å². The van der Waals surface area contributed by atoms with Crippen molar-refractivity contribution in [1.29, 1.82) is 0 Å². The van der Waals surface area contributed by atoms with Crippen LogP contribution >= 0.6 is 0 Å². The molecule has 54 heavy (non-hydrogen) atoms. The molecule has 12 nitrogen and oxygen atoms in total. The van der Waals surface area contributed by atoms with Crippen LogP contribution in [0.5, 0.6) is 0 Å². The Kier molecular flexibility index (Phi) is 17.5. The molecule has 2 aromatic rings. The fourth-order valence-electron chi connectivity index (χ4n) is 6.03. The maximum Gasteiger partial charge on any atom is 0.243 e. The van der Waals surface area contributed by atoms with E-state index < -0.39 is 55.8 Å². The van der Waals surface area contributed by atoms with E-state index in [1.807, 2.05) is 87.6 Å². The van der Waals surface area contributed by atoms with Crippen LogP contribution < -0.4 is 26.6 Å². The van der Waals surface area contributed by atoms with E-state index in [0.29, 0.717) is 50.8 Å². The topological polar surface area (TPSA) is 178 Å². The molecule has 1 saturated heterocycles. The van der Waals surface area contributed by atoms with Crippen molar-refractivity contribution in [2.75, 3.05) is 19.7 Å². The minimum Gasteiger partial charge on any atom is -0.432 e. The molecular weight excluding hydrogens is 703 g/mol. The summed E-state index contributed by atoms with van der Waals surface area (Å²) in [7, 11) is -2.28. The number of aryl methyl sites for hydroxylation is 1. The molecule has 2 aromatic carbocycles. The minimum absolute atomic E-state index is 0.000608. The van der Waals surface area contributed by atoms with Crippen molar-refractivity contribution >= 4 is 37.7 Å². The Bertz CT molecular complexity index is 1510. The van der Waals surface area contributed by atoms with E-state index in [-0.39, 0.29) is 37.0 Å². The normalized spacial score (nSPS) is 17.6. The second-order valence-electron chi connectivity index (χ2n) is 16.2. The van der Waals surface area contributed by atoms with E-state index in [0.717, 1.165) is 11.1 Å². The van der Waals surface area contributed by atoms with Gasteiger partial charge in [0.2, 0.25) is 23.6 Å². The highest BCUT2D eigenvalue weighted by atomic mass is 28.4. The zero-order valence-corrected chi connectivity index (χ0v) is 34.2. The molecule has 0 unspecified atom stereocenters. The Labute approximate surface area is 322 Å². The quantitative estimate of drug-likeness (QED) is 0.0535. The summed E-state index contributed by atoms with van der Waals surface area (Å²) in [6, 6.07) is 15.7. The maximum atomic E-state index is 14.1. The van der Waals surface area contributed by atoms with Gasteiger partial charge in [-0.3, -0.25) is 24.0 Å². The first-order valence-electron chi connectivity index (χ1n) is 19.4. The van der Waals surface area contributed by atoms with Crippen LogP contribution in [-0.4, -0.2) is 92.0 Å². The Hall–Kier alpha value is -3.91. The van der Waals surface area contributed by atoms with Crippen molar-refractivity contribution in [2.24, 2.45) is 11.8 Å². The summed E-state index contributed by atoms with van der Waals surface area (Å²) < 4.78 is 5.43. The molecule has 1 fully saturated rings. The summed E-state index contributed by atoms with van der Waals surface area (Å²) in [6.07, 6.45) is 2.40. The lowest BCUT2D eigenvalue weighted by molar-refractivity contribution is -0.135. The number of hydrogen-bond donors (Lipinski definition) is 6. The van der Waals surface area contributed by atoms with Gasteiger partial charge < -0.3 is 36.1 Å². The number of carbonyl (C=O) groups is 5. The fraction of sp³-hybridized carbons (Fsp3) is 0.585. The molecule has 0 saturated carbocycles. The molecule has 0 spiro atoms. The summed E-state index contributed by atoms with van der Waals surface area (Å²) in [4.78, 5) is 78.6. The van der Waals surface area contributed by atoms with Gasteiger partial charge in [-0.2, -0.15) is 0 Å². The van der Waals surface area contributed by atoms with Gasteiger partial charge in [-0.25, -0.2) is 0 Å². The smallest absolute Gasteiger partial charge is 0.243 e.